The summed E-state index contributed by atoms with van der Waals surface area (Å²) in [6, 6.07) is 2.84. The second-order valence-corrected chi connectivity index (χ2v) is 7.85. The lowest BCUT2D eigenvalue weighted by atomic mass is 9.94. The number of hydrogen-bond donors (Lipinski definition) is 1. The third-order valence-electron chi connectivity index (χ3n) is 4.28. The van der Waals surface area contributed by atoms with Crippen molar-refractivity contribution in [3.63, 3.8) is 0 Å². The number of sulfone groups is 1. The number of carbonyl (C=O) groups excluding carboxylic acids is 1. The zero-order chi connectivity index (χ0) is 18.9. The largest absolute Gasteiger partial charge is 0.377 e. The Bertz CT molecular complexity index is 969. The summed E-state index contributed by atoms with van der Waals surface area (Å²) in [5.74, 6) is -0.449. The highest BCUT2D eigenvalue weighted by Gasteiger charge is 2.25. The molecule has 0 amide bonds. The number of hydrogen-bond acceptors (Lipinski definition) is 5. The van der Waals surface area contributed by atoms with E-state index in [-0.39, 0.29) is 16.0 Å². The highest BCUT2D eigenvalue weighted by Crippen LogP contribution is 2.31. The summed E-state index contributed by atoms with van der Waals surface area (Å²) in [5.41, 5.74) is 0.826. The molecule has 1 atom stereocenters. The maximum Gasteiger partial charge on any atom is 0.277 e. The molecule has 0 radical (unpaired) electrons. The van der Waals surface area contributed by atoms with E-state index >= 15 is 0 Å². The van der Waals surface area contributed by atoms with Gasteiger partial charge in [-0.15, -0.1) is 0 Å². The third kappa shape index (κ3) is 3.45. The van der Waals surface area contributed by atoms with E-state index in [0.717, 1.165) is 6.26 Å². The fourth-order valence-electron chi connectivity index (χ4n) is 2.85. The van der Waals surface area contributed by atoms with Gasteiger partial charge < -0.3 is 9.84 Å². The molecule has 1 N–H and O–H groups in total. The minimum Gasteiger partial charge on any atom is -0.377 e. The number of aryl methyl sites for hydroxylation is 1. The molecule has 25 heavy (non-hydrogen) atoms. The van der Waals surface area contributed by atoms with Crippen molar-refractivity contribution in [2.45, 2.75) is 38.3 Å². The summed E-state index contributed by atoms with van der Waals surface area (Å²) < 4.78 is 30.8. The molecular formula is C17H22N2O5S. The number of nitrogens with zero attached hydrogens (tertiary/aromatic N) is 1. The number of aromatic amines is 1. The van der Waals surface area contributed by atoms with Gasteiger partial charge in [0.05, 0.1) is 11.0 Å². The van der Waals surface area contributed by atoms with Crippen molar-refractivity contribution >= 4 is 15.6 Å². The molecule has 2 rings (SSSR count). The van der Waals surface area contributed by atoms with Crippen molar-refractivity contribution < 1.29 is 17.9 Å². The van der Waals surface area contributed by atoms with Gasteiger partial charge in [-0.1, -0.05) is 0 Å². The molecule has 2 aromatic rings. The number of ether oxygens (including phenoxy) is 1. The Morgan fingerprint density at radius 3 is 2.44 bits per heavy atom. The first-order valence-electron chi connectivity index (χ1n) is 7.82. The van der Waals surface area contributed by atoms with Crippen molar-refractivity contribution in [1.82, 2.24) is 9.78 Å². The molecule has 0 saturated carbocycles. The van der Waals surface area contributed by atoms with Crippen LogP contribution in [0.2, 0.25) is 0 Å². The number of benzene rings is 1. The lowest BCUT2D eigenvalue weighted by Crippen LogP contribution is -2.22. The Hall–Kier alpha value is -2.19. The van der Waals surface area contributed by atoms with Crippen LogP contribution in [0.3, 0.4) is 0 Å². The van der Waals surface area contributed by atoms with Gasteiger partial charge in [0.2, 0.25) is 0 Å². The number of methoxy groups -OCH3 is 1. The fraction of sp³-hybridized carbons (Fsp3) is 0.412. The molecule has 8 heteroatoms. The third-order valence-corrected chi connectivity index (χ3v) is 5.44. The molecule has 0 fully saturated rings. The van der Waals surface area contributed by atoms with Gasteiger partial charge in [-0.3, -0.25) is 14.3 Å². The number of H-pyrrole nitrogens is 1. The molecule has 1 aromatic carbocycles. The van der Waals surface area contributed by atoms with Crippen LogP contribution in [0, 0.1) is 6.92 Å². The van der Waals surface area contributed by atoms with E-state index in [1.165, 1.54) is 30.1 Å². The Morgan fingerprint density at radius 2 is 1.96 bits per heavy atom. The molecule has 0 saturated heterocycles. The smallest absolute Gasteiger partial charge is 0.277 e. The van der Waals surface area contributed by atoms with Gasteiger partial charge in [0.15, 0.2) is 15.6 Å². The van der Waals surface area contributed by atoms with E-state index in [4.69, 9.17) is 4.74 Å². The van der Waals surface area contributed by atoms with Crippen molar-refractivity contribution in [3.8, 4) is 0 Å². The maximum atomic E-state index is 12.8. The predicted molar refractivity (Wildman–Crippen MR) is 93.9 cm³/mol. The standard InChI is InChI=1S/C17H22N2O5S/c1-6-19-17(21)13(9-18-19)16(20)12-7-8-14(25(5,22)23)15(10(12)2)11(3)24-4/h7-9,11,18H,6H2,1-5H3. The summed E-state index contributed by atoms with van der Waals surface area (Å²) in [7, 11) is -2.02. The van der Waals surface area contributed by atoms with Gasteiger partial charge in [-0.25, -0.2) is 8.42 Å². The van der Waals surface area contributed by atoms with Gasteiger partial charge >= 0.3 is 0 Å². The van der Waals surface area contributed by atoms with Crippen LogP contribution >= 0.6 is 0 Å². The average Bonchev–Trinajstić information content (AvgIpc) is 2.93. The molecule has 1 unspecified atom stereocenters. The molecule has 136 valence electrons. The summed E-state index contributed by atoms with van der Waals surface area (Å²) in [6.45, 7) is 5.59. The Kier molecular flexibility index (Phi) is 5.34. The van der Waals surface area contributed by atoms with E-state index in [1.807, 2.05) is 0 Å². The normalized spacial score (nSPS) is 13.0. The van der Waals surface area contributed by atoms with Crippen LogP contribution in [0.1, 0.15) is 47.0 Å². The zero-order valence-corrected chi connectivity index (χ0v) is 15.7. The summed E-state index contributed by atoms with van der Waals surface area (Å²) >= 11 is 0. The highest BCUT2D eigenvalue weighted by atomic mass is 32.2. The molecular weight excluding hydrogens is 344 g/mol. The van der Waals surface area contributed by atoms with E-state index in [2.05, 4.69) is 5.10 Å². The predicted octanol–water partition coefficient (Wildman–Crippen LogP) is 1.85. The van der Waals surface area contributed by atoms with Crippen molar-refractivity contribution in [2.75, 3.05) is 13.4 Å². The Balaban J connectivity index is 2.69. The van der Waals surface area contributed by atoms with Gasteiger partial charge in [0.1, 0.15) is 5.56 Å². The fourth-order valence-corrected chi connectivity index (χ4v) is 3.88. The van der Waals surface area contributed by atoms with E-state index < -0.39 is 27.3 Å². The quantitative estimate of drug-likeness (QED) is 0.787. The Morgan fingerprint density at radius 1 is 1.32 bits per heavy atom. The van der Waals surface area contributed by atoms with E-state index in [0.29, 0.717) is 17.7 Å². The molecule has 0 aliphatic rings. The van der Waals surface area contributed by atoms with Crippen LogP contribution in [-0.4, -0.2) is 37.3 Å². The van der Waals surface area contributed by atoms with Gasteiger partial charge in [0.25, 0.3) is 5.56 Å². The molecule has 7 nitrogen and oxygen atoms in total. The molecule has 0 spiro atoms. The van der Waals surface area contributed by atoms with E-state index in [9.17, 15) is 18.0 Å². The van der Waals surface area contributed by atoms with Gasteiger partial charge in [-0.05, 0) is 38.5 Å². The van der Waals surface area contributed by atoms with Crippen molar-refractivity contribution in [2.24, 2.45) is 0 Å². The van der Waals surface area contributed by atoms with E-state index in [1.54, 1.807) is 20.8 Å². The molecule has 0 bridgehead atoms. The molecule has 0 aliphatic carbocycles. The first kappa shape index (κ1) is 19.1. The average molecular weight is 366 g/mol. The topological polar surface area (TPSA) is 98.2 Å². The minimum atomic E-state index is -3.49. The van der Waals surface area contributed by atoms with Gasteiger partial charge in [0, 0.05) is 37.2 Å². The van der Waals surface area contributed by atoms with Crippen LogP contribution in [-0.2, 0) is 21.1 Å². The Labute approximate surface area is 146 Å². The second-order valence-electron chi connectivity index (χ2n) is 5.87. The minimum absolute atomic E-state index is 0.0214. The number of rotatable bonds is 6. The first-order chi connectivity index (χ1) is 11.6. The van der Waals surface area contributed by atoms with Crippen molar-refractivity contribution in [1.29, 1.82) is 0 Å². The molecule has 0 aliphatic heterocycles. The number of nitrogens with one attached hydrogen (secondary N) is 1. The number of ketones is 1. The summed E-state index contributed by atoms with van der Waals surface area (Å²) in [6.07, 6.45) is 1.97. The monoisotopic (exact) mass is 366 g/mol. The summed E-state index contributed by atoms with van der Waals surface area (Å²) in [4.78, 5) is 25.2. The first-order valence-corrected chi connectivity index (χ1v) is 9.71. The number of carbonyl (C=O) groups is 1. The van der Waals surface area contributed by atoms with Crippen LogP contribution in [0.25, 0.3) is 0 Å². The lowest BCUT2D eigenvalue weighted by Gasteiger charge is -2.19. The number of aromatic nitrogens is 2. The van der Waals surface area contributed by atoms with Crippen molar-refractivity contribution in [3.05, 3.63) is 50.9 Å². The van der Waals surface area contributed by atoms with Crippen LogP contribution in [0.5, 0.6) is 0 Å². The summed E-state index contributed by atoms with van der Waals surface area (Å²) in [5, 5.41) is 2.74. The molecule has 1 heterocycles. The maximum absolute atomic E-state index is 12.8. The lowest BCUT2D eigenvalue weighted by molar-refractivity contribution is 0.103. The van der Waals surface area contributed by atoms with Gasteiger partial charge in [-0.2, -0.15) is 0 Å². The van der Waals surface area contributed by atoms with Crippen LogP contribution < -0.4 is 5.56 Å². The zero-order valence-electron chi connectivity index (χ0n) is 14.9. The van der Waals surface area contributed by atoms with Crippen LogP contribution in [0.4, 0.5) is 0 Å². The highest BCUT2D eigenvalue weighted by molar-refractivity contribution is 7.90. The van der Waals surface area contributed by atoms with Crippen LogP contribution in [0.15, 0.2) is 28.0 Å². The SMILES string of the molecule is CCn1[nH]cc(C(=O)c2ccc(S(C)(=O)=O)c(C(C)OC)c2C)c1=O. The molecule has 1 aromatic heterocycles. The second kappa shape index (κ2) is 6.97.